The van der Waals surface area contributed by atoms with E-state index in [0.29, 0.717) is 11.7 Å². The molecule has 0 amide bonds. The molecule has 2 aromatic heterocycles. The van der Waals surface area contributed by atoms with E-state index in [1.807, 2.05) is 42.5 Å². The van der Waals surface area contributed by atoms with E-state index in [1.54, 1.807) is 10.8 Å². The molecule has 0 bridgehead atoms. The summed E-state index contributed by atoms with van der Waals surface area (Å²) in [6.07, 6.45) is 1.77. The summed E-state index contributed by atoms with van der Waals surface area (Å²) in [7, 11) is 0. The van der Waals surface area contributed by atoms with Crippen LogP contribution >= 0.6 is 0 Å². The van der Waals surface area contributed by atoms with Gasteiger partial charge in [0.05, 0.1) is 0 Å². The van der Waals surface area contributed by atoms with Gasteiger partial charge in [0.1, 0.15) is 6.54 Å². The number of carbonyl (C=O) groups is 1. The van der Waals surface area contributed by atoms with Gasteiger partial charge in [0.2, 0.25) is 5.82 Å². The summed E-state index contributed by atoms with van der Waals surface area (Å²) in [5, 5.41) is 14.1. The normalized spacial score (nSPS) is 11.2. The van der Waals surface area contributed by atoms with Crippen LogP contribution in [0.15, 0.2) is 77.4 Å². The maximum atomic E-state index is 11.0. The van der Waals surface area contributed by atoms with Crippen molar-refractivity contribution in [2.45, 2.75) is 20.4 Å². The number of carboxylic acid groups (broad SMARTS) is 1. The Labute approximate surface area is 184 Å². The van der Waals surface area contributed by atoms with E-state index in [2.05, 4.69) is 48.3 Å². The monoisotopic (exact) mass is 423 g/mol. The van der Waals surface area contributed by atoms with Crippen LogP contribution in [-0.4, -0.2) is 25.8 Å². The number of nitrogens with zero attached hydrogens (tertiary/aromatic N) is 3. The van der Waals surface area contributed by atoms with Crippen LogP contribution in [0.25, 0.3) is 44.9 Å². The number of hydrogen-bond acceptors (Lipinski definition) is 4. The number of benzene rings is 3. The second-order valence-electron chi connectivity index (χ2n) is 7.88. The molecule has 0 saturated heterocycles. The number of carboxylic acids is 1. The molecule has 0 fully saturated rings. The SMILES string of the molecule is Cc1ccccc1-c1ccc(-c2nc(-c3ccc4c(ccn4CC(=O)O)c3)no2)cc1C. The first-order valence-electron chi connectivity index (χ1n) is 10.3. The summed E-state index contributed by atoms with van der Waals surface area (Å²) in [4.78, 5) is 15.6. The molecule has 0 aliphatic carbocycles. The van der Waals surface area contributed by atoms with Crippen LogP contribution in [0.1, 0.15) is 11.1 Å². The van der Waals surface area contributed by atoms with Crippen LogP contribution < -0.4 is 0 Å². The van der Waals surface area contributed by atoms with Crippen molar-refractivity contribution in [1.82, 2.24) is 14.7 Å². The van der Waals surface area contributed by atoms with Crippen LogP contribution in [0, 0.1) is 13.8 Å². The Kier molecular flexibility index (Phi) is 4.82. The molecular weight excluding hydrogens is 402 g/mol. The van der Waals surface area contributed by atoms with E-state index in [1.165, 1.54) is 16.7 Å². The molecule has 0 aliphatic rings. The van der Waals surface area contributed by atoms with E-state index < -0.39 is 5.97 Å². The smallest absolute Gasteiger partial charge is 0.323 e. The Bertz CT molecular complexity index is 1460. The number of rotatable bonds is 5. The first-order valence-corrected chi connectivity index (χ1v) is 10.3. The molecule has 158 valence electrons. The Morgan fingerprint density at radius 2 is 1.72 bits per heavy atom. The van der Waals surface area contributed by atoms with Crippen molar-refractivity contribution in [3.8, 4) is 34.0 Å². The van der Waals surface area contributed by atoms with E-state index >= 15 is 0 Å². The summed E-state index contributed by atoms with van der Waals surface area (Å²) < 4.78 is 7.25. The van der Waals surface area contributed by atoms with Crippen molar-refractivity contribution in [3.63, 3.8) is 0 Å². The van der Waals surface area contributed by atoms with Gasteiger partial charge in [0.15, 0.2) is 0 Å². The summed E-state index contributed by atoms with van der Waals surface area (Å²) in [6.45, 7) is 4.12. The van der Waals surface area contributed by atoms with Gasteiger partial charge in [-0.2, -0.15) is 4.98 Å². The molecule has 2 heterocycles. The molecule has 5 aromatic rings. The van der Waals surface area contributed by atoms with Crippen molar-refractivity contribution in [3.05, 3.63) is 84.1 Å². The zero-order chi connectivity index (χ0) is 22.2. The average Bonchev–Trinajstić information content (AvgIpc) is 3.41. The first-order chi connectivity index (χ1) is 15.5. The van der Waals surface area contributed by atoms with Gasteiger partial charge < -0.3 is 14.2 Å². The first kappa shape index (κ1) is 19.8. The van der Waals surface area contributed by atoms with E-state index in [-0.39, 0.29) is 6.54 Å². The average molecular weight is 423 g/mol. The number of hydrogen-bond donors (Lipinski definition) is 1. The van der Waals surface area contributed by atoms with Gasteiger partial charge >= 0.3 is 5.97 Å². The highest BCUT2D eigenvalue weighted by atomic mass is 16.5. The number of aliphatic carboxylic acids is 1. The van der Waals surface area contributed by atoms with Crippen molar-refractivity contribution in [2.75, 3.05) is 0 Å². The molecule has 0 unspecified atom stereocenters. The molecular formula is C26H21N3O3. The fourth-order valence-electron chi connectivity index (χ4n) is 4.05. The molecule has 6 nitrogen and oxygen atoms in total. The summed E-state index contributed by atoms with van der Waals surface area (Å²) in [6, 6.07) is 22.1. The quantitative estimate of drug-likeness (QED) is 0.391. The van der Waals surface area contributed by atoms with Crippen LogP contribution in [0.5, 0.6) is 0 Å². The van der Waals surface area contributed by atoms with E-state index in [9.17, 15) is 4.79 Å². The van der Waals surface area contributed by atoms with Gasteiger partial charge in [-0.1, -0.05) is 35.5 Å². The third kappa shape index (κ3) is 3.56. The highest BCUT2D eigenvalue weighted by Crippen LogP contribution is 2.31. The highest BCUT2D eigenvalue weighted by Gasteiger charge is 2.14. The van der Waals surface area contributed by atoms with E-state index in [4.69, 9.17) is 9.63 Å². The second-order valence-corrected chi connectivity index (χ2v) is 7.88. The molecule has 5 rings (SSSR count). The Morgan fingerprint density at radius 1 is 0.938 bits per heavy atom. The minimum absolute atomic E-state index is 0.0763. The van der Waals surface area contributed by atoms with Crippen LogP contribution in [-0.2, 0) is 11.3 Å². The second kappa shape index (κ2) is 7.81. The largest absolute Gasteiger partial charge is 0.480 e. The Hall–Kier alpha value is -4.19. The van der Waals surface area contributed by atoms with E-state index in [0.717, 1.165) is 27.6 Å². The van der Waals surface area contributed by atoms with Crippen LogP contribution in [0.2, 0.25) is 0 Å². The van der Waals surface area contributed by atoms with Crippen LogP contribution in [0.4, 0.5) is 0 Å². The summed E-state index contributed by atoms with van der Waals surface area (Å²) in [5.41, 5.74) is 7.30. The standard InChI is InChI=1S/C26H21N3O3/c1-16-5-3-4-6-21(16)22-9-7-20(13-17(22)2)26-27-25(28-32-26)19-8-10-23-18(14-19)11-12-29(23)15-24(30)31/h3-14H,15H2,1-2H3,(H,30,31). The summed E-state index contributed by atoms with van der Waals surface area (Å²) >= 11 is 0. The molecule has 3 aromatic carbocycles. The third-order valence-electron chi connectivity index (χ3n) is 5.67. The predicted molar refractivity (Wildman–Crippen MR) is 123 cm³/mol. The fourth-order valence-corrected chi connectivity index (χ4v) is 4.05. The summed E-state index contributed by atoms with van der Waals surface area (Å²) in [5.74, 6) is 0.0784. The zero-order valence-electron chi connectivity index (χ0n) is 17.7. The van der Waals surface area contributed by atoms with Gasteiger partial charge in [-0.3, -0.25) is 4.79 Å². The van der Waals surface area contributed by atoms with Gasteiger partial charge in [-0.25, -0.2) is 0 Å². The number of aryl methyl sites for hydroxylation is 2. The topological polar surface area (TPSA) is 81.2 Å². The van der Waals surface area contributed by atoms with Gasteiger partial charge in [0, 0.05) is 28.2 Å². The number of aromatic nitrogens is 3. The van der Waals surface area contributed by atoms with Gasteiger partial charge in [-0.05, 0) is 72.5 Å². The van der Waals surface area contributed by atoms with Crippen molar-refractivity contribution >= 4 is 16.9 Å². The lowest BCUT2D eigenvalue weighted by atomic mass is 9.95. The molecule has 1 N–H and O–H groups in total. The lowest BCUT2D eigenvalue weighted by Crippen LogP contribution is -2.07. The third-order valence-corrected chi connectivity index (χ3v) is 5.67. The lowest BCUT2D eigenvalue weighted by Gasteiger charge is -2.10. The molecule has 0 atom stereocenters. The predicted octanol–water partition coefficient (Wildman–Crippen LogP) is 5.73. The molecule has 0 saturated carbocycles. The molecule has 32 heavy (non-hydrogen) atoms. The number of fused-ring (bicyclic) bond motifs is 1. The Morgan fingerprint density at radius 3 is 2.50 bits per heavy atom. The van der Waals surface area contributed by atoms with Crippen molar-refractivity contribution in [1.29, 1.82) is 0 Å². The van der Waals surface area contributed by atoms with Crippen molar-refractivity contribution < 1.29 is 14.4 Å². The molecule has 0 aliphatic heterocycles. The fraction of sp³-hybridized carbons (Fsp3) is 0.115. The molecule has 0 spiro atoms. The van der Waals surface area contributed by atoms with Crippen molar-refractivity contribution in [2.24, 2.45) is 0 Å². The molecule has 6 heteroatoms. The zero-order valence-corrected chi connectivity index (χ0v) is 17.7. The van der Waals surface area contributed by atoms with Gasteiger partial charge in [-0.15, -0.1) is 0 Å². The maximum absolute atomic E-state index is 11.0. The highest BCUT2D eigenvalue weighted by molar-refractivity contribution is 5.86. The van der Waals surface area contributed by atoms with Crippen LogP contribution in [0.3, 0.4) is 0 Å². The lowest BCUT2D eigenvalue weighted by molar-refractivity contribution is -0.137. The minimum atomic E-state index is -0.877. The molecule has 0 radical (unpaired) electrons. The minimum Gasteiger partial charge on any atom is -0.480 e. The van der Waals surface area contributed by atoms with Gasteiger partial charge in [0.25, 0.3) is 5.89 Å². The maximum Gasteiger partial charge on any atom is 0.323 e. The Balaban J connectivity index is 1.45.